The number of hydrogen-bond acceptors (Lipinski definition) is 5. The third-order valence-electron chi connectivity index (χ3n) is 4.28. The van der Waals surface area contributed by atoms with Crippen molar-refractivity contribution in [2.45, 2.75) is 31.4 Å². The van der Waals surface area contributed by atoms with E-state index in [0.29, 0.717) is 17.8 Å². The standard InChI is InChI=1S/C17H18FN3O3/c18-12-5-3-11(4-6-12)15(22)8-13-2-1-7-21(13)16-10-19-14(9-20-16)17(23)24/h3-6,9-10,13,15,22H,1-2,7-8H2,(H,23,24). The van der Waals surface area contributed by atoms with Crippen molar-refractivity contribution in [3.8, 4) is 0 Å². The minimum absolute atomic E-state index is 0.0787. The summed E-state index contributed by atoms with van der Waals surface area (Å²) in [4.78, 5) is 21.0. The van der Waals surface area contributed by atoms with Gasteiger partial charge in [-0.2, -0.15) is 0 Å². The minimum Gasteiger partial charge on any atom is -0.476 e. The lowest BCUT2D eigenvalue weighted by Crippen LogP contribution is -2.31. The molecule has 1 aliphatic heterocycles. The SMILES string of the molecule is O=C(O)c1cnc(N2CCCC2CC(O)c2ccc(F)cc2)cn1. The molecule has 1 aliphatic rings. The van der Waals surface area contributed by atoms with Crippen LogP contribution in [0.2, 0.25) is 0 Å². The first-order chi connectivity index (χ1) is 11.5. The Morgan fingerprint density at radius 3 is 2.67 bits per heavy atom. The minimum atomic E-state index is -1.11. The van der Waals surface area contributed by atoms with Crippen LogP contribution in [0, 0.1) is 5.82 Å². The van der Waals surface area contributed by atoms with Crippen LogP contribution in [-0.4, -0.2) is 38.7 Å². The number of nitrogens with zero attached hydrogens (tertiary/aromatic N) is 3. The molecule has 2 N–H and O–H groups in total. The third-order valence-corrected chi connectivity index (χ3v) is 4.28. The average Bonchev–Trinajstić information content (AvgIpc) is 3.03. The van der Waals surface area contributed by atoms with Crippen LogP contribution in [0.1, 0.15) is 41.4 Å². The predicted octanol–water partition coefficient (Wildman–Crippen LogP) is 2.41. The number of carbonyl (C=O) groups is 1. The number of carboxylic acid groups (broad SMARTS) is 1. The molecular weight excluding hydrogens is 313 g/mol. The van der Waals surface area contributed by atoms with Gasteiger partial charge in [0.2, 0.25) is 0 Å². The van der Waals surface area contributed by atoms with Gasteiger partial charge in [0.05, 0.1) is 18.5 Å². The van der Waals surface area contributed by atoms with Gasteiger partial charge in [-0.25, -0.2) is 19.2 Å². The smallest absolute Gasteiger partial charge is 0.356 e. The van der Waals surface area contributed by atoms with Crippen LogP contribution < -0.4 is 4.90 Å². The average molecular weight is 331 g/mol. The van der Waals surface area contributed by atoms with Crippen LogP contribution in [0.3, 0.4) is 0 Å². The maximum atomic E-state index is 13.0. The molecule has 0 spiro atoms. The second-order valence-corrected chi connectivity index (χ2v) is 5.86. The second-order valence-electron chi connectivity index (χ2n) is 5.86. The summed E-state index contributed by atoms with van der Waals surface area (Å²) in [6.45, 7) is 0.780. The molecule has 24 heavy (non-hydrogen) atoms. The fraction of sp³-hybridized carbons (Fsp3) is 0.353. The van der Waals surface area contributed by atoms with Gasteiger partial charge in [-0.15, -0.1) is 0 Å². The first-order valence-electron chi connectivity index (χ1n) is 7.80. The molecule has 0 amide bonds. The van der Waals surface area contributed by atoms with Crippen LogP contribution >= 0.6 is 0 Å². The van der Waals surface area contributed by atoms with Crippen molar-refractivity contribution < 1.29 is 19.4 Å². The molecule has 1 saturated heterocycles. The molecule has 7 heteroatoms. The topological polar surface area (TPSA) is 86.5 Å². The maximum Gasteiger partial charge on any atom is 0.356 e. The molecule has 0 saturated carbocycles. The van der Waals surface area contributed by atoms with Crippen LogP contribution in [0.15, 0.2) is 36.7 Å². The van der Waals surface area contributed by atoms with Crippen LogP contribution in [0.4, 0.5) is 10.2 Å². The summed E-state index contributed by atoms with van der Waals surface area (Å²) in [6, 6.07) is 5.92. The number of aliphatic hydroxyl groups excluding tert-OH is 1. The third kappa shape index (κ3) is 3.51. The molecule has 6 nitrogen and oxygen atoms in total. The van der Waals surface area contributed by atoms with Crippen LogP contribution in [0.25, 0.3) is 0 Å². The number of anilines is 1. The lowest BCUT2D eigenvalue weighted by molar-refractivity contribution is 0.0690. The molecule has 2 heterocycles. The van der Waals surface area contributed by atoms with E-state index < -0.39 is 12.1 Å². The summed E-state index contributed by atoms with van der Waals surface area (Å²) in [5, 5.41) is 19.3. The fourth-order valence-corrected chi connectivity index (χ4v) is 3.04. The van der Waals surface area contributed by atoms with E-state index in [2.05, 4.69) is 9.97 Å². The van der Waals surface area contributed by atoms with Crippen LogP contribution in [0.5, 0.6) is 0 Å². The quantitative estimate of drug-likeness (QED) is 0.875. The number of aromatic carboxylic acids is 1. The van der Waals surface area contributed by atoms with Gasteiger partial charge in [-0.1, -0.05) is 12.1 Å². The Bertz CT molecular complexity index is 706. The Labute approximate surface area is 138 Å². The van der Waals surface area contributed by atoms with E-state index in [1.165, 1.54) is 24.5 Å². The number of halogens is 1. The van der Waals surface area contributed by atoms with Crippen molar-refractivity contribution >= 4 is 11.8 Å². The first-order valence-corrected chi connectivity index (χ1v) is 7.80. The summed E-state index contributed by atoms with van der Waals surface area (Å²) in [5.74, 6) is -0.838. The summed E-state index contributed by atoms with van der Waals surface area (Å²) in [6.07, 6.45) is 4.36. The summed E-state index contributed by atoms with van der Waals surface area (Å²) >= 11 is 0. The molecule has 2 unspecified atom stereocenters. The Morgan fingerprint density at radius 2 is 2.04 bits per heavy atom. The van der Waals surface area contributed by atoms with Gasteiger partial charge in [0.1, 0.15) is 11.6 Å². The molecular formula is C17H18FN3O3. The maximum absolute atomic E-state index is 13.0. The molecule has 1 aromatic carbocycles. The Kier molecular flexibility index (Phi) is 4.71. The van der Waals surface area contributed by atoms with E-state index in [0.717, 1.165) is 19.4 Å². The number of aromatic nitrogens is 2. The monoisotopic (exact) mass is 331 g/mol. The number of aliphatic hydroxyl groups is 1. The molecule has 0 aliphatic carbocycles. The number of hydrogen-bond donors (Lipinski definition) is 2. The normalized spacial score (nSPS) is 18.6. The van der Waals surface area contributed by atoms with Crippen molar-refractivity contribution in [2.24, 2.45) is 0 Å². The largest absolute Gasteiger partial charge is 0.476 e. The highest BCUT2D eigenvalue weighted by atomic mass is 19.1. The zero-order valence-corrected chi connectivity index (χ0v) is 13.0. The predicted molar refractivity (Wildman–Crippen MR) is 85.3 cm³/mol. The van der Waals surface area contributed by atoms with E-state index >= 15 is 0 Å². The first kappa shape index (κ1) is 16.3. The van der Waals surface area contributed by atoms with Crippen molar-refractivity contribution in [3.05, 3.63) is 53.7 Å². The lowest BCUT2D eigenvalue weighted by Gasteiger charge is -2.27. The van der Waals surface area contributed by atoms with Gasteiger partial charge in [-0.05, 0) is 37.0 Å². The Balaban J connectivity index is 1.70. The molecule has 2 atom stereocenters. The molecule has 0 bridgehead atoms. The van der Waals surface area contributed by atoms with E-state index in [1.807, 2.05) is 4.90 Å². The van der Waals surface area contributed by atoms with Gasteiger partial charge in [0.25, 0.3) is 0 Å². The molecule has 126 valence electrons. The van der Waals surface area contributed by atoms with E-state index in [9.17, 15) is 14.3 Å². The molecule has 1 aromatic heterocycles. The van der Waals surface area contributed by atoms with Crippen molar-refractivity contribution in [2.75, 3.05) is 11.4 Å². The zero-order chi connectivity index (χ0) is 17.1. The highest BCUT2D eigenvalue weighted by molar-refractivity contribution is 5.84. The molecule has 0 radical (unpaired) electrons. The number of rotatable bonds is 5. The van der Waals surface area contributed by atoms with E-state index in [-0.39, 0.29) is 17.6 Å². The summed E-state index contributed by atoms with van der Waals surface area (Å²) < 4.78 is 13.0. The van der Waals surface area contributed by atoms with Gasteiger partial charge >= 0.3 is 5.97 Å². The Hall–Kier alpha value is -2.54. The lowest BCUT2D eigenvalue weighted by atomic mass is 10.0. The number of benzene rings is 1. The van der Waals surface area contributed by atoms with Gasteiger partial charge < -0.3 is 15.1 Å². The second kappa shape index (κ2) is 6.92. The summed E-state index contributed by atoms with van der Waals surface area (Å²) in [7, 11) is 0. The highest BCUT2D eigenvalue weighted by Crippen LogP contribution is 2.30. The highest BCUT2D eigenvalue weighted by Gasteiger charge is 2.28. The van der Waals surface area contributed by atoms with Crippen molar-refractivity contribution in [3.63, 3.8) is 0 Å². The molecule has 3 rings (SSSR count). The van der Waals surface area contributed by atoms with Gasteiger partial charge in [-0.3, -0.25) is 0 Å². The summed E-state index contributed by atoms with van der Waals surface area (Å²) in [5.41, 5.74) is 0.580. The Morgan fingerprint density at radius 1 is 1.29 bits per heavy atom. The fourth-order valence-electron chi connectivity index (χ4n) is 3.04. The van der Waals surface area contributed by atoms with Crippen molar-refractivity contribution in [1.82, 2.24) is 9.97 Å². The molecule has 1 fully saturated rings. The van der Waals surface area contributed by atoms with Crippen LogP contribution in [-0.2, 0) is 0 Å². The van der Waals surface area contributed by atoms with Gasteiger partial charge in [0.15, 0.2) is 5.69 Å². The number of carboxylic acids is 1. The van der Waals surface area contributed by atoms with E-state index in [4.69, 9.17) is 5.11 Å². The van der Waals surface area contributed by atoms with E-state index in [1.54, 1.807) is 12.1 Å². The van der Waals surface area contributed by atoms with Crippen molar-refractivity contribution in [1.29, 1.82) is 0 Å². The zero-order valence-electron chi connectivity index (χ0n) is 13.0. The molecule has 2 aromatic rings. The van der Waals surface area contributed by atoms with Gasteiger partial charge in [0, 0.05) is 12.6 Å².